The highest BCUT2D eigenvalue weighted by molar-refractivity contribution is 5.90. The molecule has 0 aliphatic heterocycles. The van der Waals surface area contributed by atoms with E-state index >= 15 is 0 Å². The highest BCUT2D eigenvalue weighted by atomic mass is 16.5. The van der Waals surface area contributed by atoms with Gasteiger partial charge < -0.3 is 9.84 Å². The average Bonchev–Trinajstić information content (AvgIpc) is 2.44. The van der Waals surface area contributed by atoms with Gasteiger partial charge in [-0.25, -0.2) is 9.59 Å². The number of carbonyl (C=O) groups excluding carboxylic acids is 1. The Morgan fingerprint density at radius 3 is 2.27 bits per heavy atom. The third-order valence-electron chi connectivity index (χ3n) is 4.68. The summed E-state index contributed by atoms with van der Waals surface area (Å²) in [5.41, 5.74) is 0.433. The van der Waals surface area contributed by atoms with E-state index in [2.05, 4.69) is 20.8 Å². The molecule has 1 aliphatic rings. The predicted octanol–water partition coefficient (Wildman–Crippen LogP) is 4.19. The maximum Gasteiger partial charge on any atom is 0.331 e. The maximum absolute atomic E-state index is 11.2. The van der Waals surface area contributed by atoms with Gasteiger partial charge in [-0.3, -0.25) is 0 Å². The van der Waals surface area contributed by atoms with Crippen molar-refractivity contribution in [3.05, 3.63) is 12.2 Å². The summed E-state index contributed by atoms with van der Waals surface area (Å²) < 4.78 is 4.95. The zero-order valence-corrected chi connectivity index (χ0v) is 14.1. The Morgan fingerprint density at radius 2 is 1.73 bits per heavy atom. The van der Waals surface area contributed by atoms with Crippen LogP contribution in [0.1, 0.15) is 65.7 Å². The summed E-state index contributed by atoms with van der Waals surface area (Å²) in [7, 11) is 0. The molecule has 1 rings (SSSR count). The van der Waals surface area contributed by atoms with Crippen LogP contribution in [0.15, 0.2) is 12.2 Å². The lowest BCUT2D eigenvalue weighted by Gasteiger charge is -2.37. The molecule has 0 aromatic rings. The van der Waals surface area contributed by atoms with Gasteiger partial charge in [0.2, 0.25) is 0 Å². The summed E-state index contributed by atoms with van der Waals surface area (Å²) in [6, 6.07) is 0. The molecule has 1 saturated carbocycles. The first-order chi connectivity index (χ1) is 10.3. The van der Waals surface area contributed by atoms with Crippen molar-refractivity contribution in [2.45, 2.75) is 65.7 Å². The molecule has 0 heterocycles. The standard InChI is InChI=1S/C18H30O4/c1-18(2,3)15-9-7-14(8-10-15)6-4-5-13-22-17(21)12-11-16(19)20/h11-12,14-15H,4-10,13H2,1-3H3,(H,19,20)/b12-11+. The molecule has 0 amide bonds. The SMILES string of the molecule is CC(C)(C)C1CCC(CCCCOC(=O)/C=C/C(=O)O)CC1. The van der Waals surface area contributed by atoms with Gasteiger partial charge in [-0.2, -0.15) is 0 Å². The molecular formula is C18H30O4. The minimum Gasteiger partial charge on any atom is -0.478 e. The van der Waals surface area contributed by atoms with Crippen LogP contribution in [-0.2, 0) is 14.3 Å². The molecule has 1 N–H and O–H groups in total. The van der Waals surface area contributed by atoms with E-state index in [-0.39, 0.29) is 0 Å². The minimum atomic E-state index is -1.14. The monoisotopic (exact) mass is 310 g/mol. The Hall–Kier alpha value is -1.32. The quantitative estimate of drug-likeness (QED) is 0.435. The summed E-state index contributed by atoms with van der Waals surface area (Å²) in [4.78, 5) is 21.4. The lowest BCUT2D eigenvalue weighted by atomic mass is 9.69. The summed E-state index contributed by atoms with van der Waals surface area (Å²) in [6.45, 7) is 7.39. The Balaban J connectivity index is 2.07. The number of unbranched alkanes of at least 4 members (excludes halogenated alkanes) is 1. The topological polar surface area (TPSA) is 63.6 Å². The first kappa shape index (κ1) is 18.7. The number of carboxylic acid groups (broad SMARTS) is 1. The van der Waals surface area contributed by atoms with Crippen LogP contribution in [0.2, 0.25) is 0 Å². The van der Waals surface area contributed by atoms with Gasteiger partial charge in [0, 0.05) is 12.2 Å². The highest BCUT2D eigenvalue weighted by Gasteiger charge is 2.29. The molecule has 0 bridgehead atoms. The smallest absolute Gasteiger partial charge is 0.331 e. The van der Waals surface area contributed by atoms with Crippen molar-refractivity contribution in [2.75, 3.05) is 6.61 Å². The molecule has 0 unspecified atom stereocenters. The number of esters is 1. The van der Waals surface area contributed by atoms with Crippen LogP contribution in [0.25, 0.3) is 0 Å². The van der Waals surface area contributed by atoms with Crippen molar-refractivity contribution < 1.29 is 19.4 Å². The van der Waals surface area contributed by atoms with Gasteiger partial charge in [-0.05, 0) is 42.9 Å². The summed E-state index contributed by atoms with van der Waals surface area (Å²) in [6.07, 6.45) is 10.2. The Kier molecular flexibility index (Phi) is 7.63. The number of ether oxygens (including phenoxy) is 1. The van der Waals surface area contributed by atoms with Crippen LogP contribution < -0.4 is 0 Å². The van der Waals surface area contributed by atoms with Crippen LogP contribution in [-0.4, -0.2) is 23.7 Å². The average molecular weight is 310 g/mol. The Labute approximate surface area is 133 Å². The fraction of sp³-hybridized carbons (Fsp3) is 0.778. The largest absolute Gasteiger partial charge is 0.478 e. The van der Waals surface area contributed by atoms with Crippen LogP contribution in [0.3, 0.4) is 0 Å². The number of carbonyl (C=O) groups is 2. The van der Waals surface area contributed by atoms with Crippen LogP contribution in [0.5, 0.6) is 0 Å². The maximum atomic E-state index is 11.2. The first-order valence-corrected chi connectivity index (χ1v) is 8.37. The molecule has 126 valence electrons. The molecule has 4 heteroatoms. The first-order valence-electron chi connectivity index (χ1n) is 8.37. The second-order valence-electron chi connectivity index (χ2n) is 7.42. The molecule has 0 spiro atoms. The predicted molar refractivity (Wildman–Crippen MR) is 86.5 cm³/mol. The van der Waals surface area contributed by atoms with Gasteiger partial charge in [0.05, 0.1) is 6.61 Å². The third-order valence-corrected chi connectivity index (χ3v) is 4.68. The van der Waals surface area contributed by atoms with E-state index in [4.69, 9.17) is 9.84 Å². The molecule has 0 radical (unpaired) electrons. The molecule has 0 atom stereocenters. The minimum absolute atomic E-state index is 0.375. The Bertz CT molecular complexity index is 384. The fourth-order valence-electron chi connectivity index (χ4n) is 3.21. The second kappa shape index (κ2) is 8.96. The van der Waals surface area contributed by atoms with Crippen LogP contribution in [0, 0.1) is 17.3 Å². The summed E-state index contributed by atoms with van der Waals surface area (Å²) in [5.74, 6) is -0.0390. The molecule has 22 heavy (non-hydrogen) atoms. The zero-order valence-electron chi connectivity index (χ0n) is 14.1. The molecule has 4 nitrogen and oxygen atoms in total. The van der Waals surface area contributed by atoms with Crippen molar-refractivity contribution in [3.63, 3.8) is 0 Å². The lowest BCUT2D eigenvalue weighted by Crippen LogP contribution is -2.25. The molecular weight excluding hydrogens is 280 g/mol. The third kappa shape index (κ3) is 7.62. The van der Waals surface area contributed by atoms with E-state index in [1.54, 1.807) is 0 Å². The van der Waals surface area contributed by atoms with E-state index in [9.17, 15) is 9.59 Å². The number of carboxylic acids is 1. The van der Waals surface area contributed by atoms with Crippen molar-refractivity contribution in [3.8, 4) is 0 Å². The summed E-state index contributed by atoms with van der Waals surface area (Å²) >= 11 is 0. The molecule has 1 aliphatic carbocycles. The van der Waals surface area contributed by atoms with E-state index in [1.165, 1.54) is 32.1 Å². The van der Waals surface area contributed by atoms with Crippen molar-refractivity contribution in [1.82, 2.24) is 0 Å². The van der Waals surface area contributed by atoms with E-state index < -0.39 is 11.9 Å². The van der Waals surface area contributed by atoms with Gasteiger partial charge in [0.15, 0.2) is 0 Å². The number of aliphatic carboxylic acids is 1. The van der Waals surface area contributed by atoms with Crippen molar-refractivity contribution in [1.29, 1.82) is 0 Å². The van der Waals surface area contributed by atoms with Gasteiger partial charge in [-0.1, -0.05) is 40.0 Å². The van der Waals surface area contributed by atoms with Gasteiger partial charge in [-0.15, -0.1) is 0 Å². The Morgan fingerprint density at radius 1 is 1.09 bits per heavy atom. The van der Waals surface area contributed by atoms with Crippen LogP contribution >= 0.6 is 0 Å². The highest BCUT2D eigenvalue weighted by Crippen LogP contribution is 2.40. The number of hydrogen-bond donors (Lipinski definition) is 1. The van der Waals surface area contributed by atoms with Gasteiger partial charge in [0.1, 0.15) is 0 Å². The van der Waals surface area contributed by atoms with Gasteiger partial charge >= 0.3 is 11.9 Å². The fourth-order valence-corrected chi connectivity index (χ4v) is 3.21. The molecule has 0 saturated heterocycles. The zero-order chi connectivity index (χ0) is 16.6. The molecule has 0 aromatic carbocycles. The lowest BCUT2D eigenvalue weighted by molar-refractivity contribution is -0.138. The summed E-state index contributed by atoms with van der Waals surface area (Å²) in [5, 5.41) is 8.39. The van der Waals surface area contributed by atoms with E-state index in [0.29, 0.717) is 12.0 Å². The van der Waals surface area contributed by atoms with Gasteiger partial charge in [0.25, 0.3) is 0 Å². The second-order valence-corrected chi connectivity index (χ2v) is 7.42. The molecule has 0 aromatic heterocycles. The van der Waals surface area contributed by atoms with E-state index in [1.807, 2.05) is 0 Å². The number of hydrogen-bond acceptors (Lipinski definition) is 3. The normalized spacial score (nSPS) is 22.7. The molecule has 1 fully saturated rings. The van der Waals surface area contributed by atoms with Crippen molar-refractivity contribution in [2.24, 2.45) is 17.3 Å². The van der Waals surface area contributed by atoms with Crippen molar-refractivity contribution >= 4 is 11.9 Å². The van der Waals surface area contributed by atoms with Crippen LogP contribution in [0.4, 0.5) is 0 Å². The van der Waals surface area contributed by atoms with E-state index in [0.717, 1.165) is 36.8 Å². The number of rotatable bonds is 7.